The lowest BCUT2D eigenvalue weighted by Gasteiger charge is -2.43. The van der Waals surface area contributed by atoms with Crippen molar-refractivity contribution in [1.29, 1.82) is 0 Å². The van der Waals surface area contributed by atoms with E-state index in [4.69, 9.17) is 0 Å². The van der Waals surface area contributed by atoms with E-state index >= 15 is 0 Å². The highest BCUT2D eigenvalue weighted by Crippen LogP contribution is 2.36. The topological polar surface area (TPSA) is 77.6 Å². The molecule has 2 amide bonds. The summed E-state index contributed by atoms with van der Waals surface area (Å²) < 4.78 is 0.897. The molecule has 2 aliphatic heterocycles. The van der Waals surface area contributed by atoms with Gasteiger partial charge in [-0.1, -0.05) is 30.3 Å². The summed E-state index contributed by atoms with van der Waals surface area (Å²) in [5.41, 5.74) is 1.08. The lowest BCUT2D eigenvalue weighted by Crippen LogP contribution is -2.57. The Morgan fingerprint density at radius 1 is 1.09 bits per heavy atom. The van der Waals surface area contributed by atoms with Crippen LogP contribution in [0.5, 0.6) is 0 Å². The van der Waals surface area contributed by atoms with Crippen LogP contribution in [0.25, 0.3) is 10.8 Å². The molecule has 2 aliphatic rings. The molecule has 2 fully saturated rings. The summed E-state index contributed by atoms with van der Waals surface area (Å²) in [6.07, 6.45) is 5.03. The van der Waals surface area contributed by atoms with Crippen molar-refractivity contribution in [1.82, 2.24) is 20.5 Å². The van der Waals surface area contributed by atoms with E-state index in [1.807, 2.05) is 54.7 Å². The zero-order valence-corrected chi connectivity index (χ0v) is 19.8. The SMILES string of the molecule is O=C(NCCN1CCC2(CC1)C(=O)NCN2c1cncc(Br)c1)c1ccc2ccccc2c1. The van der Waals surface area contributed by atoms with Crippen molar-refractivity contribution in [2.75, 3.05) is 37.7 Å². The predicted molar refractivity (Wildman–Crippen MR) is 132 cm³/mol. The summed E-state index contributed by atoms with van der Waals surface area (Å²) in [5, 5.41) is 8.24. The average molecular weight is 508 g/mol. The van der Waals surface area contributed by atoms with Gasteiger partial charge in [-0.2, -0.15) is 0 Å². The van der Waals surface area contributed by atoms with E-state index in [1.54, 1.807) is 6.20 Å². The molecule has 2 aromatic carbocycles. The number of fused-ring (bicyclic) bond motifs is 1. The van der Waals surface area contributed by atoms with Crippen molar-refractivity contribution in [3.05, 3.63) is 71.0 Å². The maximum Gasteiger partial charge on any atom is 0.251 e. The highest BCUT2D eigenvalue weighted by Gasteiger charge is 2.50. The Morgan fingerprint density at radius 2 is 1.88 bits per heavy atom. The number of carbonyl (C=O) groups excluding carboxylic acids is 2. The van der Waals surface area contributed by atoms with Crippen LogP contribution >= 0.6 is 15.9 Å². The number of halogens is 1. The third kappa shape index (κ3) is 4.32. The number of likely N-dealkylation sites (tertiary alicyclic amines) is 1. The summed E-state index contributed by atoms with van der Waals surface area (Å²) >= 11 is 3.48. The minimum atomic E-state index is -0.534. The number of benzene rings is 2. The minimum Gasteiger partial charge on any atom is -0.351 e. The summed E-state index contributed by atoms with van der Waals surface area (Å²) in [4.78, 5) is 34.2. The Kier molecular flexibility index (Phi) is 6.03. The van der Waals surface area contributed by atoms with Gasteiger partial charge in [0.2, 0.25) is 5.91 Å². The number of carbonyl (C=O) groups is 2. The molecule has 2 N–H and O–H groups in total. The summed E-state index contributed by atoms with van der Waals surface area (Å²) in [6, 6.07) is 15.8. The van der Waals surface area contributed by atoms with Gasteiger partial charge in [0.15, 0.2) is 0 Å². The number of aromatic nitrogens is 1. The van der Waals surface area contributed by atoms with Crippen molar-refractivity contribution < 1.29 is 9.59 Å². The van der Waals surface area contributed by atoms with Crippen molar-refractivity contribution >= 4 is 44.2 Å². The molecule has 2 saturated heterocycles. The van der Waals surface area contributed by atoms with Crippen LogP contribution in [0, 0.1) is 0 Å². The Hall–Kier alpha value is -2.97. The van der Waals surface area contributed by atoms with E-state index in [2.05, 4.69) is 41.3 Å². The van der Waals surface area contributed by atoms with Gasteiger partial charge in [-0.25, -0.2) is 0 Å². The minimum absolute atomic E-state index is 0.0577. The van der Waals surface area contributed by atoms with Crippen molar-refractivity contribution in [3.8, 4) is 0 Å². The fourth-order valence-corrected chi connectivity index (χ4v) is 5.23. The summed E-state index contributed by atoms with van der Waals surface area (Å²) in [6.45, 7) is 3.44. The van der Waals surface area contributed by atoms with Gasteiger partial charge in [-0.05, 0) is 57.7 Å². The Bertz CT molecular complexity index is 1190. The first-order valence-electron chi connectivity index (χ1n) is 11.2. The van der Waals surface area contributed by atoms with E-state index < -0.39 is 5.54 Å². The second kappa shape index (κ2) is 9.11. The molecule has 8 heteroatoms. The van der Waals surface area contributed by atoms with E-state index in [1.165, 1.54) is 0 Å². The van der Waals surface area contributed by atoms with Crippen molar-refractivity contribution in [2.24, 2.45) is 0 Å². The fourth-order valence-electron chi connectivity index (χ4n) is 4.88. The molecular formula is C25H26BrN5O2. The number of amides is 2. The molecule has 33 heavy (non-hydrogen) atoms. The van der Waals surface area contributed by atoms with Crippen LogP contribution in [-0.2, 0) is 4.79 Å². The molecule has 170 valence electrons. The first kappa shape index (κ1) is 21.9. The Morgan fingerprint density at radius 3 is 2.67 bits per heavy atom. The maximum absolute atomic E-state index is 12.8. The van der Waals surface area contributed by atoms with Gasteiger partial charge < -0.3 is 20.4 Å². The van der Waals surface area contributed by atoms with Gasteiger partial charge >= 0.3 is 0 Å². The van der Waals surface area contributed by atoms with Crippen LogP contribution in [0.3, 0.4) is 0 Å². The van der Waals surface area contributed by atoms with Gasteiger partial charge in [-0.3, -0.25) is 14.6 Å². The van der Waals surface area contributed by atoms with Gasteiger partial charge in [-0.15, -0.1) is 0 Å². The zero-order chi connectivity index (χ0) is 22.8. The average Bonchev–Trinajstić information content (AvgIpc) is 3.15. The number of hydrogen-bond donors (Lipinski definition) is 2. The van der Waals surface area contributed by atoms with Crippen LogP contribution in [-0.4, -0.2) is 60.1 Å². The van der Waals surface area contributed by atoms with Crippen LogP contribution < -0.4 is 15.5 Å². The molecule has 1 spiro atoms. The normalized spacial score (nSPS) is 18.0. The molecule has 5 rings (SSSR count). The molecule has 0 radical (unpaired) electrons. The number of piperidine rings is 1. The molecule has 0 unspecified atom stereocenters. The van der Waals surface area contributed by atoms with Crippen molar-refractivity contribution in [3.63, 3.8) is 0 Å². The molecule has 1 aromatic heterocycles. The lowest BCUT2D eigenvalue weighted by molar-refractivity contribution is -0.125. The number of anilines is 1. The van der Waals surface area contributed by atoms with Crippen LogP contribution in [0.1, 0.15) is 23.2 Å². The third-order valence-electron chi connectivity index (χ3n) is 6.75. The van der Waals surface area contributed by atoms with E-state index in [9.17, 15) is 9.59 Å². The van der Waals surface area contributed by atoms with E-state index in [0.717, 1.165) is 53.4 Å². The number of pyridine rings is 1. The largest absolute Gasteiger partial charge is 0.351 e. The van der Waals surface area contributed by atoms with Crippen molar-refractivity contribution in [2.45, 2.75) is 18.4 Å². The van der Waals surface area contributed by atoms with E-state index in [0.29, 0.717) is 18.8 Å². The van der Waals surface area contributed by atoms with E-state index in [-0.39, 0.29) is 11.8 Å². The second-order valence-electron chi connectivity index (χ2n) is 8.64. The molecule has 3 aromatic rings. The monoisotopic (exact) mass is 507 g/mol. The molecule has 0 atom stereocenters. The number of nitrogens with one attached hydrogen (secondary N) is 2. The smallest absolute Gasteiger partial charge is 0.251 e. The molecular weight excluding hydrogens is 482 g/mol. The maximum atomic E-state index is 12.8. The molecule has 0 bridgehead atoms. The number of nitrogens with zero attached hydrogens (tertiary/aromatic N) is 3. The zero-order valence-electron chi connectivity index (χ0n) is 18.3. The van der Waals surface area contributed by atoms with Gasteiger partial charge in [0, 0.05) is 42.4 Å². The third-order valence-corrected chi connectivity index (χ3v) is 7.18. The first-order chi connectivity index (χ1) is 16.0. The quantitative estimate of drug-likeness (QED) is 0.554. The second-order valence-corrected chi connectivity index (χ2v) is 9.56. The molecule has 0 saturated carbocycles. The lowest BCUT2D eigenvalue weighted by atomic mass is 9.85. The standard InChI is InChI=1S/C25H26BrN5O2/c26-21-14-22(16-27-15-21)31-17-29-24(33)25(31)7-10-30(11-8-25)12-9-28-23(32)20-6-5-18-3-1-2-4-19(18)13-20/h1-6,13-16H,7-12,17H2,(H,28,32)(H,29,33). The predicted octanol–water partition coefficient (Wildman–Crippen LogP) is 3.16. The molecule has 0 aliphatic carbocycles. The number of hydrogen-bond acceptors (Lipinski definition) is 5. The summed E-state index contributed by atoms with van der Waals surface area (Å²) in [7, 11) is 0. The van der Waals surface area contributed by atoms with Gasteiger partial charge in [0.05, 0.1) is 18.6 Å². The van der Waals surface area contributed by atoms with Gasteiger partial charge in [0.1, 0.15) is 5.54 Å². The molecule has 3 heterocycles. The van der Waals surface area contributed by atoms with Crippen LogP contribution in [0.4, 0.5) is 5.69 Å². The molecule has 7 nitrogen and oxygen atoms in total. The first-order valence-corrected chi connectivity index (χ1v) is 12.0. The highest BCUT2D eigenvalue weighted by atomic mass is 79.9. The van der Waals surface area contributed by atoms with Gasteiger partial charge in [0.25, 0.3) is 5.91 Å². The highest BCUT2D eigenvalue weighted by molar-refractivity contribution is 9.10. The summed E-state index contributed by atoms with van der Waals surface area (Å²) in [5.74, 6) is 0.0319. The van der Waals surface area contributed by atoms with Crippen LogP contribution in [0.2, 0.25) is 0 Å². The number of rotatable bonds is 5. The Labute approximate surface area is 201 Å². The fraction of sp³-hybridized carbons (Fsp3) is 0.320. The van der Waals surface area contributed by atoms with Crippen LogP contribution in [0.15, 0.2) is 65.4 Å². The Balaban J connectivity index is 1.16.